The third kappa shape index (κ3) is 3.00. The van der Waals surface area contributed by atoms with Gasteiger partial charge < -0.3 is 20.2 Å². The van der Waals surface area contributed by atoms with Crippen LogP contribution in [0.2, 0.25) is 0 Å². The van der Waals surface area contributed by atoms with E-state index in [1.165, 1.54) is 18.4 Å². The maximum absolute atomic E-state index is 11.1. The summed E-state index contributed by atoms with van der Waals surface area (Å²) in [6, 6.07) is 0.516. The van der Waals surface area contributed by atoms with Crippen LogP contribution in [0.3, 0.4) is 0 Å². The molecule has 7 nitrogen and oxygen atoms in total. The quantitative estimate of drug-likeness (QED) is 0.857. The lowest BCUT2D eigenvalue weighted by Gasteiger charge is -2.47. The smallest absolute Gasteiger partial charge is 0.407 e. The lowest BCUT2D eigenvalue weighted by Crippen LogP contribution is -2.46. The standard InChI is InChI=1S/C18H27N5O2/c1-22(16-14-4-9-19-15(14)20-12-21-16)13-2-5-18(6-3-13)7-10-23(11-8-18)17(24)25/h12-13H,2-11H2,1H3,(H,24,25)(H,19,20,21). The van der Waals surface area contributed by atoms with E-state index in [1.807, 2.05) is 0 Å². The molecule has 136 valence electrons. The number of fused-ring (bicyclic) bond motifs is 1. The predicted molar refractivity (Wildman–Crippen MR) is 96.1 cm³/mol. The van der Waals surface area contributed by atoms with Crippen LogP contribution in [0, 0.1) is 5.41 Å². The zero-order chi connectivity index (χ0) is 17.4. The zero-order valence-corrected chi connectivity index (χ0v) is 14.9. The zero-order valence-electron chi connectivity index (χ0n) is 14.9. The van der Waals surface area contributed by atoms with Crippen molar-refractivity contribution in [2.24, 2.45) is 5.41 Å². The van der Waals surface area contributed by atoms with E-state index in [1.54, 1.807) is 11.2 Å². The van der Waals surface area contributed by atoms with Gasteiger partial charge in [-0.3, -0.25) is 0 Å². The predicted octanol–water partition coefficient (Wildman–Crippen LogP) is 2.58. The minimum absolute atomic E-state index is 0.360. The van der Waals surface area contributed by atoms with E-state index in [4.69, 9.17) is 5.11 Å². The van der Waals surface area contributed by atoms with E-state index < -0.39 is 6.09 Å². The highest BCUT2D eigenvalue weighted by Crippen LogP contribution is 2.46. The molecule has 0 atom stereocenters. The second-order valence-electron chi connectivity index (χ2n) is 7.81. The minimum Gasteiger partial charge on any atom is -0.465 e. The number of hydrogen-bond acceptors (Lipinski definition) is 5. The Hall–Kier alpha value is -2.05. The molecule has 3 aliphatic rings. The summed E-state index contributed by atoms with van der Waals surface area (Å²) in [6.07, 6.45) is 8.64. The fourth-order valence-electron chi connectivity index (χ4n) is 4.84. The number of nitrogens with one attached hydrogen (secondary N) is 1. The van der Waals surface area contributed by atoms with Crippen LogP contribution in [-0.2, 0) is 6.42 Å². The first-order valence-corrected chi connectivity index (χ1v) is 9.36. The number of nitrogens with zero attached hydrogens (tertiary/aromatic N) is 4. The van der Waals surface area contributed by atoms with Gasteiger partial charge >= 0.3 is 6.09 Å². The van der Waals surface area contributed by atoms with Crippen LogP contribution in [0.15, 0.2) is 6.33 Å². The van der Waals surface area contributed by atoms with Gasteiger partial charge in [0.2, 0.25) is 0 Å². The molecule has 2 aliphatic heterocycles. The van der Waals surface area contributed by atoms with E-state index in [9.17, 15) is 4.79 Å². The number of carbonyl (C=O) groups is 1. The molecule has 0 unspecified atom stereocenters. The van der Waals surface area contributed by atoms with Gasteiger partial charge in [-0.25, -0.2) is 14.8 Å². The summed E-state index contributed by atoms with van der Waals surface area (Å²) >= 11 is 0. The Balaban J connectivity index is 1.39. The first kappa shape index (κ1) is 16.4. The summed E-state index contributed by atoms with van der Waals surface area (Å²) in [5, 5.41) is 12.5. The van der Waals surface area contributed by atoms with Crippen LogP contribution in [0.5, 0.6) is 0 Å². The lowest BCUT2D eigenvalue weighted by atomic mass is 9.67. The molecular weight excluding hydrogens is 318 g/mol. The SMILES string of the molecule is CN(c1ncnc2c1CCN2)C1CCC2(CC1)CCN(C(=O)O)CC2. The van der Waals surface area contributed by atoms with Crippen LogP contribution in [0.25, 0.3) is 0 Å². The number of amides is 1. The van der Waals surface area contributed by atoms with Crippen LogP contribution in [0.4, 0.5) is 16.4 Å². The second-order valence-corrected chi connectivity index (χ2v) is 7.81. The first-order chi connectivity index (χ1) is 12.1. The molecule has 2 N–H and O–H groups in total. The van der Waals surface area contributed by atoms with Crippen LogP contribution in [0.1, 0.15) is 44.1 Å². The Bertz CT molecular complexity index is 647. The molecule has 4 rings (SSSR count). The normalized spacial score (nSPS) is 22.5. The Kier molecular flexibility index (Phi) is 4.17. The number of rotatable bonds is 2. The van der Waals surface area contributed by atoms with E-state index in [2.05, 4.69) is 27.2 Å². The van der Waals surface area contributed by atoms with Crippen LogP contribution >= 0.6 is 0 Å². The molecule has 0 bridgehead atoms. The summed E-state index contributed by atoms with van der Waals surface area (Å²) in [4.78, 5) is 23.9. The highest BCUT2D eigenvalue weighted by molar-refractivity contribution is 5.65. The summed E-state index contributed by atoms with van der Waals surface area (Å²) in [5.74, 6) is 2.07. The average molecular weight is 345 g/mol. The van der Waals surface area contributed by atoms with Crippen molar-refractivity contribution in [2.75, 3.05) is 36.9 Å². The van der Waals surface area contributed by atoms with E-state index >= 15 is 0 Å². The Labute approximate surface area is 148 Å². The fourth-order valence-corrected chi connectivity index (χ4v) is 4.84. The number of carboxylic acid groups (broad SMARTS) is 1. The van der Waals surface area contributed by atoms with Gasteiger partial charge in [0.15, 0.2) is 0 Å². The topological polar surface area (TPSA) is 81.6 Å². The molecule has 1 spiro atoms. The van der Waals surface area contributed by atoms with Gasteiger partial charge in [0.1, 0.15) is 18.0 Å². The largest absolute Gasteiger partial charge is 0.465 e. The maximum Gasteiger partial charge on any atom is 0.407 e. The third-order valence-corrected chi connectivity index (χ3v) is 6.58. The van der Waals surface area contributed by atoms with Crippen molar-refractivity contribution < 1.29 is 9.90 Å². The maximum atomic E-state index is 11.1. The molecule has 25 heavy (non-hydrogen) atoms. The molecular formula is C18H27N5O2. The summed E-state index contributed by atoms with van der Waals surface area (Å²) < 4.78 is 0. The van der Waals surface area contributed by atoms with Gasteiger partial charge in [-0.2, -0.15) is 0 Å². The third-order valence-electron chi connectivity index (χ3n) is 6.58. The summed E-state index contributed by atoms with van der Waals surface area (Å²) in [6.45, 7) is 2.34. The Morgan fingerprint density at radius 1 is 1.28 bits per heavy atom. The van der Waals surface area contributed by atoms with Gasteiger partial charge in [-0.1, -0.05) is 0 Å². The van der Waals surface area contributed by atoms with E-state index in [0.717, 1.165) is 50.3 Å². The monoisotopic (exact) mass is 345 g/mol. The Morgan fingerprint density at radius 3 is 2.68 bits per heavy atom. The lowest BCUT2D eigenvalue weighted by molar-refractivity contribution is 0.0601. The van der Waals surface area contributed by atoms with Crippen molar-refractivity contribution in [1.29, 1.82) is 0 Å². The number of anilines is 2. The molecule has 1 saturated heterocycles. The molecule has 1 aromatic heterocycles. The molecule has 1 aromatic rings. The molecule has 1 aliphatic carbocycles. The van der Waals surface area contributed by atoms with Crippen molar-refractivity contribution in [2.45, 2.75) is 51.0 Å². The number of piperidine rings is 1. The second kappa shape index (κ2) is 6.35. The molecule has 0 aromatic carbocycles. The van der Waals surface area contributed by atoms with Gasteiger partial charge in [-0.05, 0) is 50.4 Å². The highest BCUT2D eigenvalue weighted by atomic mass is 16.4. The van der Waals surface area contributed by atoms with Gasteiger partial charge in [0.05, 0.1) is 0 Å². The molecule has 1 amide bonds. The Morgan fingerprint density at radius 2 is 2.00 bits per heavy atom. The minimum atomic E-state index is -0.769. The number of likely N-dealkylation sites (tertiary alicyclic amines) is 1. The molecule has 3 heterocycles. The average Bonchev–Trinajstić information content (AvgIpc) is 3.11. The van der Waals surface area contributed by atoms with Crippen molar-refractivity contribution in [3.8, 4) is 0 Å². The first-order valence-electron chi connectivity index (χ1n) is 9.36. The number of hydrogen-bond donors (Lipinski definition) is 2. The van der Waals surface area contributed by atoms with E-state index in [-0.39, 0.29) is 0 Å². The van der Waals surface area contributed by atoms with Gasteiger partial charge in [0.25, 0.3) is 0 Å². The molecule has 1 saturated carbocycles. The molecule has 7 heteroatoms. The summed E-state index contributed by atoms with van der Waals surface area (Å²) in [7, 11) is 2.16. The molecule has 2 fully saturated rings. The highest BCUT2D eigenvalue weighted by Gasteiger charge is 2.40. The fraction of sp³-hybridized carbons (Fsp3) is 0.722. The summed E-state index contributed by atoms with van der Waals surface area (Å²) in [5.41, 5.74) is 1.61. The van der Waals surface area contributed by atoms with Crippen LogP contribution in [-0.4, -0.2) is 58.8 Å². The van der Waals surface area contributed by atoms with Crippen LogP contribution < -0.4 is 10.2 Å². The van der Waals surface area contributed by atoms with Gasteiger partial charge in [0, 0.05) is 38.3 Å². The van der Waals surface area contributed by atoms with Crippen molar-refractivity contribution in [1.82, 2.24) is 14.9 Å². The van der Waals surface area contributed by atoms with Crippen molar-refractivity contribution in [3.05, 3.63) is 11.9 Å². The van der Waals surface area contributed by atoms with Gasteiger partial charge in [-0.15, -0.1) is 0 Å². The number of aromatic nitrogens is 2. The molecule has 0 radical (unpaired) electrons. The van der Waals surface area contributed by atoms with Crippen molar-refractivity contribution in [3.63, 3.8) is 0 Å². The van der Waals surface area contributed by atoms with Crippen molar-refractivity contribution >= 4 is 17.7 Å². The van der Waals surface area contributed by atoms with E-state index in [0.29, 0.717) is 24.5 Å².